The second-order valence-electron chi connectivity index (χ2n) is 6.92. The first kappa shape index (κ1) is 23.2. The highest BCUT2D eigenvalue weighted by molar-refractivity contribution is 7.99. The van der Waals surface area contributed by atoms with Crippen molar-refractivity contribution in [2.24, 2.45) is 5.16 Å². The Balaban J connectivity index is 1.54. The highest BCUT2D eigenvalue weighted by Gasteiger charge is 2.11. The van der Waals surface area contributed by atoms with Gasteiger partial charge in [0.2, 0.25) is 5.78 Å². The summed E-state index contributed by atoms with van der Waals surface area (Å²) < 4.78 is 5.69. The first-order valence-corrected chi connectivity index (χ1v) is 10.7. The van der Waals surface area contributed by atoms with Gasteiger partial charge in [0, 0.05) is 22.3 Å². The van der Waals surface area contributed by atoms with Crippen LogP contribution in [0.25, 0.3) is 0 Å². The summed E-state index contributed by atoms with van der Waals surface area (Å²) in [5.41, 5.74) is 1.38. The zero-order valence-electron chi connectivity index (χ0n) is 17.7. The van der Waals surface area contributed by atoms with Crippen LogP contribution in [0.15, 0.2) is 93.8 Å². The number of rotatable bonds is 9. The molecule has 0 fully saturated rings. The van der Waals surface area contributed by atoms with E-state index < -0.39 is 12.1 Å². The standard InChI is InChI=1S/C25H23NO5S/c1-17(26-31-18(2)27)25(29)20-8-12-22(13-9-20)32-23-14-10-21(11-15-23)30-16-24(28)19-6-4-3-5-7-19/h3-15,24,28H,16H2,1-2H3. The van der Waals surface area contributed by atoms with Crippen molar-refractivity contribution >= 4 is 29.2 Å². The molecule has 0 aliphatic heterocycles. The molecule has 1 unspecified atom stereocenters. The molecule has 3 rings (SSSR count). The number of ether oxygens (including phenoxy) is 1. The lowest BCUT2D eigenvalue weighted by atomic mass is 10.1. The predicted octanol–water partition coefficient (Wildman–Crippen LogP) is 5.07. The van der Waals surface area contributed by atoms with Crippen LogP contribution in [-0.2, 0) is 9.63 Å². The van der Waals surface area contributed by atoms with Crippen molar-refractivity contribution < 1.29 is 24.3 Å². The number of hydrogen-bond donors (Lipinski definition) is 1. The molecule has 0 saturated heterocycles. The average molecular weight is 450 g/mol. The maximum absolute atomic E-state index is 12.3. The van der Waals surface area contributed by atoms with Gasteiger partial charge in [-0.1, -0.05) is 47.2 Å². The van der Waals surface area contributed by atoms with Crippen molar-refractivity contribution in [2.45, 2.75) is 29.7 Å². The van der Waals surface area contributed by atoms with Gasteiger partial charge in [-0.2, -0.15) is 0 Å². The number of aliphatic hydroxyl groups excluding tert-OH is 1. The third-order valence-corrected chi connectivity index (χ3v) is 5.42. The van der Waals surface area contributed by atoms with Crippen LogP contribution in [0, 0.1) is 0 Å². The van der Waals surface area contributed by atoms with E-state index in [-0.39, 0.29) is 18.1 Å². The van der Waals surface area contributed by atoms with E-state index in [9.17, 15) is 14.7 Å². The zero-order chi connectivity index (χ0) is 22.9. The number of oxime groups is 1. The molecular weight excluding hydrogens is 426 g/mol. The van der Waals surface area contributed by atoms with Crippen LogP contribution in [0.4, 0.5) is 0 Å². The number of aliphatic hydroxyl groups is 1. The predicted molar refractivity (Wildman–Crippen MR) is 123 cm³/mol. The molecule has 0 aromatic heterocycles. The fraction of sp³-hybridized carbons (Fsp3) is 0.160. The summed E-state index contributed by atoms with van der Waals surface area (Å²) in [5.74, 6) is -0.206. The van der Waals surface area contributed by atoms with Gasteiger partial charge in [-0.15, -0.1) is 0 Å². The molecule has 0 amide bonds. The molecule has 1 atom stereocenters. The Hall–Kier alpha value is -3.42. The molecule has 0 aliphatic rings. The van der Waals surface area contributed by atoms with E-state index in [1.807, 2.05) is 66.7 Å². The van der Waals surface area contributed by atoms with Crippen LogP contribution in [0.1, 0.15) is 35.9 Å². The topological polar surface area (TPSA) is 85.2 Å². The molecule has 32 heavy (non-hydrogen) atoms. The normalized spacial score (nSPS) is 12.2. The van der Waals surface area contributed by atoms with E-state index in [1.165, 1.54) is 13.8 Å². The molecule has 0 bridgehead atoms. The van der Waals surface area contributed by atoms with Gasteiger partial charge in [0.1, 0.15) is 24.2 Å². The first-order chi connectivity index (χ1) is 15.4. The summed E-state index contributed by atoms with van der Waals surface area (Å²) in [6.45, 7) is 2.89. The number of carbonyl (C=O) groups excluding carboxylic acids is 2. The Morgan fingerprint density at radius 3 is 2.09 bits per heavy atom. The van der Waals surface area contributed by atoms with Gasteiger partial charge >= 0.3 is 5.97 Å². The van der Waals surface area contributed by atoms with E-state index in [2.05, 4.69) is 9.99 Å². The quantitative estimate of drug-likeness (QED) is 0.212. The highest BCUT2D eigenvalue weighted by Crippen LogP contribution is 2.29. The summed E-state index contributed by atoms with van der Waals surface area (Å²) in [7, 11) is 0. The fourth-order valence-corrected chi connectivity index (χ4v) is 3.56. The van der Waals surface area contributed by atoms with Crippen LogP contribution >= 0.6 is 11.8 Å². The van der Waals surface area contributed by atoms with Crippen LogP contribution in [0.3, 0.4) is 0 Å². The third kappa shape index (κ3) is 6.80. The lowest BCUT2D eigenvalue weighted by Gasteiger charge is -2.13. The summed E-state index contributed by atoms with van der Waals surface area (Å²) in [5, 5.41) is 13.7. The molecule has 0 spiro atoms. The Labute approximate surface area is 190 Å². The monoisotopic (exact) mass is 449 g/mol. The van der Waals surface area contributed by atoms with Gasteiger partial charge in [0.05, 0.1) is 0 Å². The summed E-state index contributed by atoms with van der Waals surface area (Å²) in [6, 6.07) is 24.1. The van der Waals surface area contributed by atoms with Crippen LogP contribution in [0.2, 0.25) is 0 Å². The van der Waals surface area contributed by atoms with Crippen LogP contribution < -0.4 is 4.74 Å². The van der Waals surface area contributed by atoms with Gasteiger partial charge in [0.25, 0.3) is 0 Å². The first-order valence-electron chi connectivity index (χ1n) is 9.93. The second-order valence-corrected chi connectivity index (χ2v) is 8.07. The molecule has 6 nitrogen and oxygen atoms in total. The van der Waals surface area contributed by atoms with Gasteiger partial charge in [0.15, 0.2) is 0 Å². The lowest BCUT2D eigenvalue weighted by Crippen LogP contribution is -2.11. The maximum Gasteiger partial charge on any atom is 0.331 e. The van der Waals surface area contributed by atoms with Gasteiger partial charge < -0.3 is 14.7 Å². The lowest BCUT2D eigenvalue weighted by molar-refractivity contribution is -0.140. The van der Waals surface area contributed by atoms with E-state index >= 15 is 0 Å². The van der Waals surface area contributed by atoms with Crippen molar-refractivity contribution in [3.8, 4) is 5.75 Å². The molecule has 0 heterocycles. The number of Topliss-reactive ketones (excluding diaryl/α,β-unsaturated/α-hetero) is 1. The molecular formula is C25H23NO5S. The van der Waals surface area contributed by atoms with Crippen LogP contribution in [0.5, 0.6) is 5.75 Å². The van der Waals surface area contributed by atoms with E-state index in [4.69, 9.17) is 4.74 Å². The molecule has 3 aromatic carbocycles. The van der Waals surface area contributed by atoms with E-state index in [0.29, 0.717) is 11.3 Å². The summed E-state index contributed by atoms with van der Waals surface area (Å²) in [6.07, 6.45) is -0.686. The number of ketones is 1. The van der Waals surface area contributed by atoms with Gasteiger partial charge in [-0.25, -0.2) is 4.79 Å². The Bertz CT molecular complexity index is 1080. The average Bonchev–Trinajstić information content (AvgIpc) is 2.82. The number of nitrogens with zero attached hydrogens (tertiary/aromatic N) is 1. The van der Waals surface area contributed by atoms with Crippen LogP contribution in [-0.4, -0.2) is 29.2 Å². The Morgan fingerprint density at radius 2 is 1.50 bits per heavy atom. The minimum atomic E-state index is -0.686. The number of hydrogen-bond acceptors (Lipinski definition) is 7. The fourth-order valence-electron chi connectivity index (χ4n) is 2.74. The summed E-state index contributed by atoms with van der Waals surface area (Å²) in [4.78, 5) is 29.6. The zero-order valence-corrected chi connectivity index (χ0v) is 18.5. The molecule has 3 aromatic rings. The molecule has 1 N–H and O–H groups in total. The van der Waals surface area contributed by atoms with Crippen molar-refractivity contribution in [3.05, 3.63) is 90.0 Å². The molecule has 0 aliphatic carbocycles. The highest BCUT2D eigenvalue weighted by atomic mass is 32.2. The molecule has 0 saturated carbocycles. The largest absolute Gasteiger partial charge is 0.491 e. The Morgan fingerprint density at radius 1 is 0.906 bits per heavy atom. The number of benzene rings is 3. The maximum atomic E-state index is 12.3. The van der Waals surface area contributed by atoms with Gasteiger partial charge in [-0.3, -0.25) is 4.79 Å². The number of carbonyl (C=O) groups is 2. The summed E-state index contributed by atoms with van der Waals surface area (Å²) >= 11 is 1.54. The van der Waals surface area contributed by atoms with E-state index in [0.717, 1.165) is 15.4 Å². The van der Waals surface area contributed by atoms with Crippen molar-refractivity contribution in [2.75, 3.05) is 6.61 Å². The smallest absolute Gasteiger partial charge is 0.331 e. The Kier molecular flexibility index (Phi) is 8.19. The minimum absolute atomic E-state index is 0.105. The molecule has 0 radical (unpaired) electrons. The van der Waals surface area contributed by atoms with Crippen molar-refractivity contribution in [3.63, 3.8) is 0 Å². The third-order valence-electron chi connectivity index (χ3n) is 4.41. The van der Waals surface area contributed by atoms with E-state index in [1.54, 1.807) is 23.9 Å². The van der Waals surface area contributed by atoms with Gasteiger partial charge in [-0.05, 0) is 61.0 Å². The SMILES string of the molecule is CC(=O)ON=C(C)C(=O)c1ccc(Sc2ccc(OCC(O)c3ccccc3)cc2)cc1. The van der Waals surface area contributed by atoms with Crippen molar-refractivity contribution in [1.82, 2.24) is 0 Å². The minimum Gasteiger partial charge on any atom is -0.491 e. The van der Waals surface area contributed by atoms with Crippen molar-refractivity contribution in [1.29, 1.82) is 0 Å². The molecule has 164 valence electrons. The second kappa shape index (κ2) is 11.3. The molecule has 7 heteroatoms.